The van der Waals surface area contributed by atoms with Gasteiger partial charge in [0.05, 0.1) is 0 Å². The molecule has 0 aromatic carbocycles. The summed E-state index contributed by atoms with van der Waals surface area (Å²) in [5.74, 6) is 0.865. The van der Waals surface area contributed by atoms with Crippen LogP contribution >= 0.6 is 24.8 Å². The Morgan fingerprint density at radius 3 is 3.00 bits per heavy atom. The van der Waals surface area contributed by atoms with E-state index in [-0.39, 0.29) is 24.8 Å². The normalized spacial score (nSPS) is 27.5. The fourth-order valence-corrected chi connectivity index (χ4v) is 2.90. The molecule has 0 saturated carbocycles. The zero-order valence-corrected chi connectivity index (χ0v) is 10.4. The Hall–Kier alpha value is -0.310. The van der Waals surface area contributed by atoms with Gasteiger partial charge in [-0.05, 0) is 49.5 Å². The minimum Gasteiger partial charge on any atom is -0.299 e. The molecule has 15 heavy (non-hydrogen) atoms. The van der Waals surface area contributed by atoms with E-state index in [1.54, 1.807) is 0 Å². The summed E-state index contributed by atoms with van der Waals surface area (Å²) >= 11 is 0. The number of fused-ring (bicyclic) bond motifs is 3. The number of hydrogen-bond donors (Lipinski definition) is 0. The zero-order valence-electron chi connectivity index (χ0n) is 8.72. The number of nitrogens with zero attached hydrogens (tertiary/aromatic N) is 2. The summed E-state index contributed by atoms with van der Waals surface area (Å²) in [4.78, 5) is 6.69. The highest BCUT2D eigenvalue weighted by Gasteiger charge is 2.39. The van der Waals surface area contributed by atoms with Crippen LogP contribution in [0, 0.1) is 5.92 Å². The first-order valence-corrected chi connectivity index (χ1v) is 4.99. The second-order valence-electron chi connectivity index (χ2n) is 4.25. The summed E-state index contributed by atoms with van der Waals surface area (Å²) in [6, 6.07) is 2.85. The monoisotopic (exact) mass is 246 g/mol. The number of rotatable bonds is 0. The van der Waals surface area contributed by atoms with Crippen LogP contribution in [0.15, 0.2) is 18.5 Å². The van der Waals surface area contributed by atoms with Crippen LogP contribution in [0.2, 0.25) is 0 Å². The van der Waals surface area contributed by atoms with Crippen LogP contribution in [-0.4, -0.2) is 23.5 Å². The molecule has 2 atom stereocenters. The highest BCUT2D eigenvalue weighted by Crippen LogP contribution is 2.44. The Bertz CT molecular complexity index is 343. The van der Waals surface area contributed by atoms with Gasteiger partial charge in [-0.25, -0.2) is 0 Å². The third kappa shape index (κ3) is 1.86. The molecule has 1 saturated heterocycles. The van der Waals surface area contributed by atoms with Gasteiger partial charge in [0.25, 0.3) is 0 Å². The molecule has 0 bridgehead atoms. The maximum Gasteiger partial charge on any atom is 0.0394 e. The van der Waals surface area contributed by atoms with Gasteiger partial charge < -0.3 is 0 Å². The van der Waals surface area contributed by atoms with Crippen molar-refractivity contribution < 1.29 is 0 Å². The molecule has 2 aliphatic rings. The number of hydrogen-bond acceptors (Lipinski definition) is 2. The average molecular weight is 247 g/mol. The van der Waals surface area contributed by atoms with Crippen LogP contribution in [0.5, 0.6) is 0 Å². The van der Waals surface area contributed by atoms with Crippen molar-refractivity contribution in [2.75, 3.05) is 13.6 Å². The molecule has 1 aromatic heterocycles. The molecule has 0 spiro atoms. The summed E-state index contributed by atoms with van der Waals surface area (Å²) in [5.41, 5.74) is 3.00. The first-order chi connectivity index (χ1) is 6.36. The Morgan fingerprint density at radius 2 is 2.20 bits per heavy atom. The predicted octanol–water partition coefficient (Wildman–Crippen LogP) is 2.47. The van der Waals surface area contributed by atoms with E-state index < -0.39 is 0 Å². The van der Waals surface area contributed by atoms with Gasteiger partial charge >= 0.3 is 0 Å². The molecule has 1 aliphatic carbocycles. The topological polar surface area (TPSA) is 16.1 Å². The van der Waals surface area contributed by atoms with E-state index in [9.17, 15) is 0 Å². The van der Waals surface area contributed by atoms with E-state index in [0.717, 1.165) is 5.92 Å². The van der Waals surface area contributed by atoms with Gasteiger partial charge in [-0.3, -0.25) is 9.88 Å². The molecule has 0 N–H and O–H groups in total. The van der Waals surface area contributed by atoms with Crippen molar-refractivity contribution in [1.82, 2.24) is 9.88 Å². The molecule has 0 radical (unpaired) electrons. The van der Waals surface area contributed by atoms with Crippen molar-refractivity contribution in [2.45, 2.75) is 18.9 Å². The molecular formula is C11H16Cl2N2. The smallest absolute Gasteiger partial charge is 0.0394 e. The van der Waals surface area contributed by atoms with Crippen LogP contribution in [0.25, 0.3) is 0 Å². The van der Waals surface area contributed by atoms with Crippen LogP contribution in [0.3, 0.4) is 0 Å². The van der Waals surface area contributed by atoms with Crippen molar-refractivity contribution in [1.29, 1.82) is 0 Å². The fourth-order valence-electron chi connectivity index (χ4n) is 2.90. The lowest BCUT2D eigenvalue weighted by Gasteiger charge is -2.18. The van der Waals surface area contributed by atoms with E-state index in [4.69, 9.17) is 0 Å². The molecule has 2 nitrogen and oxygen atoms in total. The van der Waals surface area contributed by atoms with E-state index in [1.807, 2.05) is 6.20 Å². The van der Waals surface area contributed by atoms with Crippen molar-refractivity contribution in [3.05, 3.63) is 29.6 Å². The van der Waals surface area contributed by atoms with E-state index >= 15 is 0 Å². The van der Waals surface area contributed by atoms with Crippen LogP contribution in [-0.2, 0) is 6.42 Å². The van der Waals surface area contributed by atoms with Crippen LogP contribution < -0.4 is 0 Å². The third-order valence-corrected chi connectivity index (χ3v) is 3.52. The summed E-state index contributed by atoms with van der Waals surface area (Å²) in [5, 5.41) is 0. The lowest BCUT2D eigenvalue weighted by Crippen LogP contribution is -2.18. The lowest BCUT2D eigenvalue weighted by molar-refractivity contribution is 0.292. The summed E-state index contributed by atoms with van der Waals surface area (Å²) in [6.07, 6.45) is 6.60. The van der Waals surface area contributed by atoms with Gasteiger partial charge in [-0.2, -0.15) is 0 Å². The van der Waals surface area contributed by atoms with Gasteiger partial charge in [0.2, 0.25) is 0 Å². The molecule has 3 rings (SSSR count). The molecular weight excluding hydrogens is 231 g/mol. The van der Waals surface area contributed by atoms with Gasteiger partial charge in [-0.1, -0.05) is 0 Å². The largest absolute Gasteiger partial charge is 0.299 e. The molecule has 1 aliphatic heterocycles. The Kier molecular flexibility index (Phi) is 3.99. The highest BCUT2D eigenvalue weighted by atomic mass is 35.5. The SMILES string of the molecule is CN1CC[C@H]2Cc3ccncc3[C@H]21.Cl.Cl. The Morgan fingerprint density at radius 1 is 1.40 bits per heavy atom. The van der Waals surface area contributed by atoms with Crippen LogP contribution in [0.4, 0.5) is 0 Å². The molecule has 1 aromatic rings. The number of aromatic nitrogens is 1. The lowest BCUT2D eigenvalue weighted by atomic mass is 10.0. The maximum atomic E-state index is 4.22. The summed E-state index contributed by atoms with van der Waals surface area (Å²) < 4.78 is 0. The molecule has 0 amide bonds. The standard InChI is InChI=1S/C11H14N2.2ClH/c1-13-5-3-9-6-8-2-4-12-7-10(8)11(9)13;;/h2,4,7,9,11H,3,5-6H2,1H3;2*1H/t9-,11-;;/m0../s1. The van der Waals surface area contributed by atoms with Gasteiger partial charge in [0.1, 0.15) is 0 Å². The second-order valence-corrected chi connectivity index (χ2v) is 4.25. The van der Waals surface area contributed by atoms with E-state index in [1.165, 1.54) is 30.5 Å². The van der Waals surface area contributed by atoms with Gasteiger partial charge in [-0.15, -0.1) is 24.8 Å². The number of likely N-dealkylation sites (tertiary alicyclic amines) is 1. The van der Waals surface area contributed by atoms with Crippen molar-refractivity contribution in [3.8, 4) is 0 Å². The third-order valence-electron chi connectivity index (χ3n) is 3.52. The first kappa shape index (κ1) is 12.8. The summed E-state index contributed by atoms with van der Waals surface area (Å²) in [7, 11) is 2.23. The molecule has 1 fully saturated rings. The fraction of sp³-hybridized carbons (Fsp3) is 0.545. The van der Waals surface area contributed by atoms with Crippen molar-refractivity contribution in [2.24, 2.45) is 5.92 Å². The van der Waals surface area contributed by atoms with Crippen molar-refractivity contribution in [3.63, 3.8) is 0 Å². The zero-order chi connectivity index (χ0) is 8.84. The average Bonchev–Trinajstić information content (AvgIpc) is 2.66. The Labute approximate surface area is 103 Å². The van der Waals surface area contributed by atoms with E-state index in [0.29, 0.717) is 6.04 Å². The molecule has 0 unspecified atom stereocenters. The predicted molar refractivity (Wildman–Crippen MR) is 65.9 cm³/mol. The molecule has 84 valence electrons. The highest BCUT2D eigenvalue weighted by molar-refractivity contribution is 5.85. The molecule has 2 heterocycles. The quantitative estimate of drug-likeness (QED) is 0.700. The minimum atomic E-state index is 0. The number of halogens is 2. The number of pyridine rings is 1. The van der Waals surface area contributed by atoms with Gasteiger partial charge in [0, 0.05) is 18.4 Å². The first-order valence-electron chi connectivity index (χ1n) is 4.99. The van der Waals surface area contributed by atoms with Crippen LogP contribution in [0.1, 0.15) is 23.6 Å². The van der Waals surface area contributed by atoms with E-state index in [2.05, 4.69) is 29.2 Å². The van der Waals surface area contributed by atoms with Gasteiger partial charge in [0.15, 0.2) is 0 Å². The Balaban J connectivity index is 0.000000562. The summed E-state index contributed by atoms with van der Waals surface area (Å²) in [6.45, 7) is 1.25. The molecule has 4 heteroatoms. The maximum absolute atomic E-state index is 4.22. The van der Waals surface area contributed by atoms with Crippen molar-refractivity contribution >= 4 is 24.8 Å². The second kappa shape index (κ2) is 4.69. The minimum absolute atomic E-state index is 0.